The number of amides is 1. The number of nitrogens with zero attached hydrogens (tertiary/aromatic N) is 3. The number of ether oxygens (including phenoxy) is 3. The second-order valence-corrected chi connectivity index (χ2v) is 14.4. The third-order valence-corrected chi connectivity index (χ3v) is 10.0. The quantitative estimate of drug-likeness (QED) is 0.102. The standard InChI is InChI=1S/C38H54ClN5O4/c1-10-13-14-15-20-31(47-28-22-21-26(37(5,6)11-2)23-27(28)38(7,8)12-3)35(45)40-24-25(4)33-41-34-32(39)36(43-44(34)42-33)48-30-19-17-16-18-29(30)46-9/h16-19,21-23,25,31H,10-15,20,24H2,1-9H3,(H,40,45)(H,41,42). The molecule has 0 saturated heterocycles. The van der Waals surface area contributed by atoms with Crippen molar-refractivity contribution >= 4 is 23.2 Å². The lowest BCUT2D eigenvalue weighted by molar-refractivity contribution is -0.128. The first-order valence-electron chi connectivity index (χ1n) is 17.4. The number of carbonyl (C=O) groups is 1. The van der Waals surface area contributed by atoms with Crippen LogP contribution in [0.15, 0.2) is 42.5 Å². The molecule has 0 aliphatic rings. The minimum atomic E-state index is -0.608. The summed E-state index contributed by atoms with van der Waals surface area (Å²) in [5.41, 5.74) is 2.81. The second-order valence-electron chi connectivity index (χ2n) is 14.0. The third-order valence-electron chi connectivity index (χ3n) is 9.69. The summed E-state index contributed by atoms with van der Waals surface area (Å²) < 4.78 is 19.4. The van der Waals surface area contributed by atoms with E-state index >= 15 is 0 Å². The molecule has 2 heterocycles. The first-order chi connectivity index (χ1) is 22.8. The van der Waals surface area contributed by atoms with Gasteiger partial charge in [-0.15, -0.1) is 9.73 Å². The van der Waals surface area contributed by atoms with Crippen molar-refractivity contribution < 1.29 is 19.0 Å². The minimum Gasteiger partial charge on any atom is -0.493 e. The highest BCUT2D eigenvalue weighted by Gasteiger charge is 2.30. The number of aromatic nitrogens is 4. The van der Waals surface area contributed by atoms with E-state index in [1.807, 2.05) is 19.1 Å². The van der Waals surface area contributed by atoms with Gasteiger partial charge in [0.25, 0.3) is 11.8 Å². The summed E-state index contributed by atoms with van der Waals surface area (Å²) in [7, 11) is 1.58. The molecule has 1 amide bonds. The van der Waals surface area contributed by atoms with Gasteiger partial charge in [0.05, 0.1) is 7.11 Å². The van der Waals surface area contributed by atoms with Gasteiger partial charge in [0.15, 0.2) is 28.3 Å². The van der Waals surface area contributed by atoms with Crippen molar-refractivity contribution in [2.75, 3.05) is 13.7 Å². The predicted molar refractivity (Wildman–Crippen MR) is 193 cm³/mol. The fraction of sp³-hybridized carbons (Fsp3) is 0.553. The number of fused-ring (bicyclic) bond motifs is 1. The molecule has 0 spiro atoms. The van der Waals surface area contributed by atoms with Crippen molar-refractivity contribution in [2.24, 2.45) is 0 Å². The number of methoxy groups -OCH3 is 1. The normalized spacial score (nSPS) is 13.4. The largest absolute Gasteiger partial charge is 0.493 e. The molecular formula is C38H54ClN5O4. The maximum atomic E-state index is 13.8. The van der Waals surface area contributed by atoms with Crippen molar-refractivity contribution in [2.45, 2.75) is 123 Å². The number of carbonyl (C=O) groups excluding carboxylic acids is 1. The zero-order valence-corrected chi connectivity index (χ0v) is 31.0. The van der Waals surface area contributed by atoms with Gasteiger partial charge in [0.2, 0.25) is 0 Å². The summed E-state index contributed by atoms with van der Waals surface area (Å²) in [6, 6.07) is 13.8. The molecule has 262 valence electrons. The van der Waals surface area contributed by atoms with E-state index in [-0.39, 0.29) is 33.6 Å². The highest BCUT2D eigenvalue weighted by Crippen LogP contribution is 2.39. The highest BCUT2D eigenvalue weighted by molar-refractivity contribution is 6.34. The molecule has 2 aromatic carbocycles. The van der Waals surface area contributed by atoms with Crippen molar-refractivity contribution in [1.29, 1.82) is 0 Å². The first-order valence-corrected chi connectivity index (χ1v) is 17.8. The van der Waals surface area contributed by atoms with E-state index in [0.717, 1.165) is 49.8 Å². The minimum absolute atomic E-state index is 0.0475. The number of hydrogen-bond donors (Lipinski definition) is 2. The van der Waals surface area contributed by atoms with Crippen molar-refractivity contribution in [1.82, 2.24) is 25.1 Å². The zero-order chi connectivity index (χ0) is 35.1. The average molecular weight is 680 g/mol. The van der Waals surface area contributed by atoms with Crippen LogP contribution < -0.4 is 19.5 Å². The molecule has 0 saturated carbocycles. The smallest absolute Gasteiger partial charge is 0.261 e. The second kappa shape index (κ2) is 16.1. The lowest BCUT2D eigenvalue weighted by atomic mass is 9.76. The first kappa shape index (κ1) is 37.1. The van der Waals surface area contributed by atoms with Crippen molar-refractivity contribution in [3.8, 4) is 23.1 Å². The molecule has 9 nitrogen and oxygen atoms in total. The van der Waals surface area contributed by atoms with Crippen molar-refractivity contribution in [3.05, 3.63) is 64.4 Å². The molecule has 48 heavy (non-hydrogen) atoms. The number of benzene rings is 2. The van der Waals surface area contributed by atoms with Crippen LogP contribution in [0.4, 0.5) is 0 Å². The van der Waals surface area contributed by atoms with Crippen molar-refractivity contribution in [3.63, 3.8) is 0 Å². The van der Waals surface area contributed by atoms with Crippen LogP contribution >= 0.6 is 11.6 Å². The van der Waals surface area contributed by atoms with Crippen LogP contribution in [0.5, 0.6) is 23.1 Å². The molecule has 2 N–H and O–H groups in total. The summed E-state index contributed by atoms with van der Waals surface area (Å²) in [4.78, 5) is 18.4. The molecule has 10 heteroatoms. The zero-order valence-electron chi connectivity index (χ0n) is 30.2. The molecular weight excluding hydrogens is 626 g/mol. The molecule has 0 aliphatic heterocycles. The average Bonchev–Trinajstić information content (AvgIpc) is 3.63. The number of nitrogens with one attached hydrogen (secondary N) is 2. The van der Waals surface area contributed by atoms with Gasteiger partial charge < -0.3 is 19.5 Å². The van der Waals surface area contributed by atoms with Gasteiger partial charge in [-0.1, -0.05) is 111 Å². The van der Waals surface area contributed by atoms with Crippen LogP contribution in [0.1, 0.15) is 123 Å². The number of hydrogen-bond acceptors (Lipinski definition) is 6. The lowest BCUT2D eigenvalue weighted by Crippen LogP contribution is -2.40. The Morgan fingerprint density at radius 1 is 0.979 bits per heavy atom. The van der Waals surface area contributed by atoms with Gasteiger partial charge in [-0.2, -0.15) is 0 Å². The van der Waals surface area contributed by atoms with Crippen LogP contribution in [-0.2, 0) is 15.6 Å². The summed E-state index contributed by atoms with van der Waals surface area (Å²) >= 11 is 6.62. The van der Waals surface area contributed by atoms with E-state index in [4.69, 9.17) is 25.8 Å². The number of H-pyrrole nitrogens is 1. The van der Waals surface area contributed by atoms with Gasteiger partial charge in [0, 0.05) is 18.0 Å². The van der Waals surface area contributed by atoms with E-state index in [2.05, 4.69) is 87.2 Å². The highest BCUT2D eigenvalue weighted by atomic mass is 35.5. The third kappa shape index (κ3) is 8.65. The fourth-order valence-electron chi connectivity index (χ4n) is 5.48. The summed E-state index contributed by atoms with van der Waals surface area (Å²) in [5, 5.41) is 11.0. The Labute approximate surface area is 291 Å². The SMILES string of the molecule is CCCCCCC(Oc1ccc(C(C)(C)CC)cc1C(C)(C)CC)C(=O)NCC(C)c1nc2c(Cl)c(Oc3ccccc3OC)nn2[nH]1. The Bertz CT molecular complexity index is 1660. The van der Waals surface area contributed by atoms with Crippen LogP contribution in [0.2, 0.25) is 5.02 Å². The molecule has 4 rings (SSSR count). The molecule has 0 bridgehead atoms. The Hall–Kier alpha value is -3.72. The van der Waals surface area contributed by atoms with Gasteiger partial charge in [-0.05, 0) is 60.3 Å². The Kier molecular flexibility index (Phi) is 12.5. The maximum Gasteiger partial charge on any atom is 0.261 e. The Balaban J connectivity index is 1.50. The van der Waals surface area contributed by atoms with Crippen LogP contribution in [0, 0.1) is 0 Å². The number of rotatable bonds is 18. The number of aromatic amines is 1. The van der Waals surface area contributed by atoms with Crippen LogP contribution in [-0.4, -0.2) is 45.5 Å². The van der Waals surface area contributed by atoms with Gasteiger partial charge >= 0.3 is 0 Å². The van der Waals surface area contributed by atoms with Gasteiger partial charge in [-0.25, -0.2) is 4.98 Å². The Morgan fingerprint density at radius 2 is 1.69 bits per heavy atom. The van der Waals surface area contributed by atoms with Gasteiger partial charge in [-0.3, -0.25) is 9.89 Å². The molecule has 2 atom stereocenters. The monoisotopic (exact) mass is 679 g/mol. The summed E-state index contributed by atoms with van der Waals surface area (Å²) in [6.07, 6.45) is 6.27. The van der Waals surface area contributed by atoms with E-state index in [0.29, 0.717) is 35.9 Å². The van der Waals surface area contributed by atoms with E-state index < -0.39 is 6.10 Å². The van der Waals surface area contributed by atoms with E-state index in [1.165, 1.54) is 10.2 Å². The maximum absolute atomic E-state index is 13.8. The number of para-hydroxylation sites is 2. The topological polar surface area (TPSA) is 103 Å². The molecule has 4 aromatic rings. The van der Waals surface area contributed by atoms with Gasteiger partial charge in [0.1, 0.15) is 11.6 Å². The summed E-state index contributed by atoms with van der Waals surface area (Å²) in [6.45, 7) is 18.0. The number of halogens is 1. The van der Waals surface area contributed by atoms with Crippen LogP contribution in [0.3, 0.4) is 0 Å². The van der Waals surface area contributed by atoms with Crippen LogP contribution in [0.25, 0.3) is 5.65 Å². The number of unbranched alkanes of at least 4 members (excludes halogenated alkanes) is 3. The van der Waals surface area contributed by atoms with E-state index in [9.17, 15) is 4.79 Å². The molecule has 0 fully saturated rings. The Morgan fingerprint density at radius 3 is 2.33 bits per heavy atom. The molecule has 2 unspecified atom stereocenters. The fourth-order valence-corrected chi connectivity index (χ4v) is 5.68. The lowest BCUT2D eigenvalue weighted by Gasteiger charge is -2.31. The summed E-state index contributed by atoms with van der Waals surface area (Å²) in [5.74, 6) is 2.44. The molecule has 2 aromatic heterocycles. The molecule has 0 radical (unpaired) electrons. The van der Waals surface area contributed by atoms with E-state index in [1.54, 1.807) is 19.2 Å². The predicted octanol–water partition coefficient (Wildman–Crippen LogP) is 9.52. The molecule has 0 aliphatic carbocycles.